The lowest BCUT2D eigenvalue weighted by Gasteiger charge is -2.35. The van der Waals surface area contributed by atoms with Crippen LogP contribution < -0.4 is 5.73 Å². The molecule has 2 nitrogen and oxygen atoms in total. The highest BCUT2D eigenvalue weighted by Gasteiger charge is 2.26. The predicted octanol–water partition coefficient (Wildman–Crippen LogP) is 3.02. The minimum Gasteiger partial charge on any atom is -0.325 e. The molecule has 0 atom stereocenters. The average Bonchev–Trinajstić information content (AvgIpc) is 2.25. The molecule has 0 unspecified atom stereocenters. The monoisotopic (exact) mass is 226 g/mol. The van der Waals surface area contributed by atoms with Gasteiger partial charge in [-0.25, -0.2) is 0 Å². The van der Waals surface area contributed by atoms with Gasteiger partial charge in [0.1, 0.15) is 0 Å². The standard InChI is InChI=1S/C14H30N2/c1-13(2)7-11-16(3)12-10-14(15)8-5-4-6-9-14/h13H,4-12,15H2,1-3H3. The average molecular weight is 226 g/mol. The zero-order valence-electron chi connectivity index (χ0n) is 11.5. The maximum atomic E-state index is 6.44. The van der Waals surface area contributed by atoms with Crippen LogP contribution in [0.3, 0.4) is 0 Å². The Labute approximate surface area is 102 Å². The summed E-state index contributed by atoms with van der Waals surface area (Å²) in [6.45, 7) is 6.97. The van der Waals surface area contributed by atoms with Crippen molar-refractivity contribution in [3.05, 3.63) is 0 Å². The predicted molar refractivity (Wildman–Crippen MR) is 71.6 cm³/mol. The van der Waals surface area contributed by atoms with E-state index < -0.39 is 0 Å². The van der Waals surface area contributed by atoms with E-state index in [1.807, 2.05) is 0 Å². The van der Waals surface area contributed by atoms with Crippen LogP contribution >= 0.6 is 0 Å². The largest absolute Gasteiger partial charge is 0.325 e. The van der Waals surface area contributed by atoms with Crippen molar-refractivity contribution in [1.82, 2.24) is 4.90 Å². The van der Waals surface area contributed by atoms with Crippen LogP contribution in [-0.4, -0.2) is 30.6 Å². The Kier molecular flexibility index (Phi) is 5.77. The molecule has 0 aromatic carbocycles. The lowest BCUT2D eigenvalue weighted by atomic mass is 9.80. The van der Waals surface area contributed by atoms with E-state index in [1.165, 1.54) is 58.0 Å². The fraction of sp³-hybridized carbons (Fsp3) is 1.00. The van der Waals surface area contributed by atoms with Crippen molar-refractivity contribution in [1.29, 1.82) is 0 Å². The van der Waals surface area contributed by atoms with E-state index in [-0.39, 0.29) is 5.54 Å². The second kappa shape index (κ2) is 6.61. The molecule has 96 valence electrons. The molecule has 0 aromatic rings. The lowest BCUT2D eigenvalue weighted by molar-refractivity contribution is 0.225. The fourth-order valence-electron chi connectivity index (χ4n) is 2.51. The van der Waals surface area contributed by atoms with Crippen LogP contribution in [0.1, 0.15) is 58.8 Å². The Morgan fingerprint density at radius 3 is 2.31 bits per heavy atom. The van der Waals surface area contributed by atoms with E-state index in [1.54, 1.807) is 0 Å². The van der Waals surface area contributed by atoms with Gasteiger partial charge in [0.2, 0.25) is 0 Å². The number of nitrogens with zero attached hydrogens (tertiary/aromatic N) is 1. The minimum atomic E-state index is 0.157. The Hall–Kier alpha value is -0.0800. The molecule has 0 amide bonds. The number of hydrogen-bond donors (Lipinski definition) is 1. The zero-order valence-corrected chi connectivity index (χ0v) is 11.5. The van der Waals surface area contributed by atoms with Crippen molar-refractivity contribution in [3.63, 3.8) is 0 Å². The minimum absolute atomic E-state index is 0.157. The zero-order chi connectivity index (χ0) is 12.0. The molecule has 0 radical (unpaired) electrons. The molecule has 1 aliphatic rings. The van der Waals surface area contributed by atoms with Crippen molar-refractivity contribution in [2.45, 2.75) is 64.3 Å². The molecule has 0 spiro atoms. The molecule has 1 saturated carbocycles. The maximum Gasteiger partial charge on any atom is 0.0166 e. The first-order chi connectivity index (χ1) is 7.52. The van der Waals surface area contributed by atoms with Gasteiger partial charge in [-0.05, 0) is 51.7 Å². The summed E-state index contributed by atoms with van der Waals surface area (Å²) in [7, 11) is 2.23. The quantitative estimate of drug-likeness (QED) is 0.754. The fourth-order valence-corrected chi connectivity index (χ4v) is 2.51. The third-order valence-electron chi connectivity index (χ3n) is 3.93. The van der Waals surface area contributed by atoms with Crippen LogP contribution in [0.4, 0.5) is 0 Å². The Bertz CT molecular complexity index is 183. The third kappa shape index (κ3) is 5.31. The molecule has 0 aromatic heterocycles. The van der Waals surface area contributed by atoms with Crippen molar-refractivity contribution in [2.75, 3.05) is 20.1 Å². The van der Waals surface area contributed by atoms with Gasteiger partial charge in [0.15, 0.2) is 0 Å². The Morgan fingerprint density at radius 2 is 1.75 bits per heavy atom. The van der Waals surface area contributed by atoms with Gasteiger partial charge in [-0.3, -0.25) is 0 Å². The molecule has 1 aliphatic carbocycles. The van der Waals surface area contributed by atoms with Gasteiger partial charge >= 0.3 is 0 Å². The molecule has 0 bridgehead atoms. The summed E-state index contributed by atoms with van der Waals surface area (Å²) in [5, 5.41) is 0. The van der Waals surface area contributed by atoms with Crippen LogP contribution in [0.2, 0.25) is 0 Å². The number of rotatable bonds is 6. The van der Waals surface area contributed by atoms with Crippen LogP contribution in [-0.2, 0) is 0 Å². The lowest BCUT2D eigenvalue weighted by Crippen LogP contribution is -2.44. The molecule has 2 heteroatoms. The van der Waals surface area contributed by atoms with Gasteiger partial charge in [0, 0.05) is 5.54 Å². The first kappa shape index (κ1) is 14.0. The van der Waals surface area contributed by atoms with Crippen LogP contribution in [0.5, 0.6) is 0 Å². The molecular formula is C14H30N2. The Balaban J connectivity index is 2.17. The topological polar surface area (TPSA) is 29.3 Å². The van der Waals surface area contributed by atoms with Gasteiger partial charge in [-0.1, -0.05) is 33.1 Å². The van der Waals surface area contributed by atoms with E-state index in [2.05, 4.69) is 25.8 Å². The smallest absolute Gasteiger partial charge is 0.0166 e. The van der Waals surface area contributed by atoms with Crippen LogP contribution in [0.25, 0.3) is 0 Å². The maximum absolute atomic E-state index is 6.44. The molecule has 1 rings (SSSR count). The summed E-state index contributed by atoms with van der Waals surface area (Å²) in [5.74, 6) is 0.809. The highest BCUT2D eigenvalue weighted by atomic mass is 15.1. The van der Waals surface area contributed by atoms with Crippen molar-refractivity contribution < 1.29 is 0 Å². The molecule has 0 heterocycles. The highest BCUT2D eigenvalue weighted by Crippen LogP contribution is 2.28. The Morgan fingerprint density at radius 1 is 1.12 bits per heavy atom. The summed E-state index contributed by atoms with van der Waals surface area (Å²) in [6.07, 6.45) is 9.03. The van der Waals surface area contributed by atoms with E-state index >= 15 is 0 Å². The van der Waals surface area contributed by atoms with E-state index in [9.17, 15) is 0 Å². The summed E-state index contributed by atoms with van der Waals surface area (Å²) < 4.78 is 0. The summed E-state index contributed by atoms with van der Waals surface area (Å²) in [5.41, 5.74) is 6.59. The van der Waals surface area contributed by atoms with Crippen LogP contribution in [0.15, 0.2) is 0 Å². The van der Waals surface area contributed by atoms with Crippen molar-refractivity contribution in [3.8, 4) is 0 Å². The van der Waals surface area contributed by atoms with Gasteiger partial charge in [-0.2, -0.15) is 0 Å². The van der Waals surface area contributed by atoms with Crippen molar-refractivity contribution in [2.24, 2.45) is 11.7 Å². The summed E-state index contributed by atoms with van der Waals surface area (Å²) in [4.78, 5) is 2.45. The second-order valence-corrected chi connectivity index (χ2v) is 6.16. The molecule has 1 fully saturated rings. The van der Waals surface area contributed by atoms with Gasteiger partial charge < -0.3 is 10.6 Å². The molecule has 0 saturated heterocycles. The summed E-state index contributed by atoms with van der Waals surface area (Å²) >= 11 is 0. The first-order valence-corrected chi connectivity index (χ1v) is 6.99. The number of hydrogen-bond acceptors (Lipinski definition) is 2. The van der Waals surface area contributed by atoms with Crippen LogP contribution in [0, 0.1) is 5.92 Å². The van der Waals surface area contributed by atoms with Gasteiger partial charge in [0.25, 0.3) is 0 Å². The van der Waals surface area contributed by atoms with Gasteiger partial charge in [0.05, 0.1) is 0 Å². The normalized spacial score (nSPS) is 20.6. The third-order valence-corrected chi connectivity index (χ3v) is 3.93. The van der Waals surface area contributed by atoms with E-state index in [0.717, 1.165) is 5.92 Å². The molecule has 0 aliphatic heterocycles. The second-order valence-electron chi connectivity index (χ2n) is 6.16. The van der Waals surface area contributed by atoms with Gasteiger partial charge in [-0.15, -0.1) is 0 Å². The molecular weight excluding hydrogens is 196 g/mol. The first-order valence-electron chi connectivity index (χ1n) is 6.99. The van der Waals surface area contributed by atoms with E-state index in [4.69, 9.17) is 5.73 Å². The molecule has 16 heavy (non-hydrogen) atoms. The van der Waals surface area contributed by atoms with E-state index in [0.29, 0.717) is 0 Å². The highest BCUT2D eigenvalue weighted by molar-refractivity contribution is 4.87. The SMILES string of the molecule is CC(C)CCN(C)CCC1(N)CCCCC1. The number of nitrogens with two attached hydrogens (primary N) is 1. The summed E-state index contributed by atoms with van der Waals surface area (Å²) in [6, 6.07) is 0. The molecule has 2 N–H and O–H groups in total. The van der Waals surface area contributed by atoms with Crippen molar-refractivity contribution >= 4 is 0 Å².